The maximum Gasteiger partial charge on any atom is 0.349 e. The highest BCUT2D eigenvalue weighted by atomic mass is 32.1. The number of anilines is 1. The van der Waals surface area contributed by atoms with Crippen LogP contribution in [0, 0.1) is 0 Å². The van der Waals surface area contributed by atoms with Crippen LogP contribution < -0.4 is 4.90 Å². The Hall–Kier alpha value is -2.02. The van der Waals surface area contributed by atoms with E-state index >= 15 is 0 Å². The van der Waals surface area contributed by atoms with Crippen LogP contribution in [-0.4, -0.2) is 42.3 Å². The maximum atomic E-state index is 13.2. The average Bonchev–Trinajstić information content (AvgIpc) is 3.16. The van der Waals surface area contributed by atoms with Crippen LogP contribution in [0.4, 0.5) is 10.2 Å². The number of alkyl halides is 1. The highest BCUT2D eigenvalue weighted by Crippen LogP contribution is 2.27. The largest absolute Gasteiger partial charge is 0.465 e. The molecule has 0 aliphatic carbocycles. The molecule has 3 heterocycles. The zero-order valence-electron chi connectivity index (χ0n) is 11.5. The van der Waals surface area contributed by atoms with Gasteiger partial charge in [0.05, 0.1) is 19.9 Å². The summed E-state index contributed by atoms with van der Waals surface area (Å²) in [7, 11) is 1.34. The number of carbonyl (C=O) groups excluding carboxylic acids is 1. The van der Waals surface area contributed by atoms with Crippen LogP contribution in [0.1, 0.15) is 16.1 Å². The highest BCUT2D eigenvalue weighted by Gasteiger charge is 2.22. The number of esters is 1. The van der Waals surface area contributed by atoms with E-state index in [1.54, 1.807) is 6.20 Å². The second-order valence-corrected chi connectivity index (χ2v) is 5.79. The number of methoxy groups -OCH3 is 1. The van der Waals surface area contributed by atoms with Gasteiger partial charge in [0.2, 0.25) is 0 Å². The van der Waals surface area contributed by atoms with Crippen molar-refractivity contribution in [3.63, 3.8) is 0 Å². The van der Waals surface area contributed by atoms with Crippen LogP contribution in [0.15, 0.2) is 24.5 Å². The van der Waals surface area contributed by atoms with Gasteiger partial charge in [0.15, 0.2) is 0 Å². The zero-order chi connectivity index (χ0) is 14.8. The first-order valence-corrected chi connectivity index (χ1v) is 7.38. The van der Waals surface area contributed by atoms with Gasteiger partial charge in [0, 0.05) is 18.3 Å². The van der Waals surface area contributed by atoms with E-state index in [9.17, 15) is 9.18 Å². The van der Waals surface area contributed by atoms with Crippen molar-refractivity contribution in [2.75, 3.05) is 25.1 Å². The monoisotopic (exact) mass is 307 g/mol. The Kier molecular flexibility index (Phi) is 3.83. The number of carbonyl (C=O) groups is 1. The minimum absolute atomic E-state index is 0.394. The second-order valence-electron chi connectivity index (χ2n) is 4.76. The summed E-state index contributed by atoms with van der Waals surface area (Å²) in [6.07, 6.45) is 2.97. The Morgan fingerprint density at radius 2 is 2.29 bits per heavy atom. The molecule has 3 rings (SSSR count). The minimum atomic E-state index is -0.770. The average molecular weight is 307 g/mol. The summed E-state index contributed by atoms with van der Waals surface area (Å²) in [5.74, 6) is 0.373. The Bertz CT molecular complexity index is 644. The number of nitrogens with zero attached hydrogens (tertiary/aromatic N) is 3. The third-order valence-electron chi connectivity index (χ3n) is 3.34. The van der Waals surface area contributed by atoms with E-state index in [0.717, 1.165) is 11.4 Å². The molecule has 2 aromatic heterocycles. The fourth-order valence-electron chi connectivity index (χ4n) is 2.23. The molecule has 0 saturated carbocycles. The normalized spacial score (nSPS) is 18.0. The van der Waals surface area contributed by atoms with Gasteiger partial charge in [0.1, 0.15) is 21.9 Å². The first-order chi connectivity index (χ1) is 10.2. The van der Waals surface area contributed by atoms with Crippen LogP contribution in [-0.2, 0) is 4.74 Å². The van der Waals surface area contributed by atoms with Crippen LogP contribution in [0.25, 0.3) is 10.6 Å². The summed E-state index contributed by atoms with van der Waals surface area (Å²) in [6, 6.07) is 3.74. The molecular weight excluding hydrogens is 293 g/mol. The lowest BCUT2D eigenvalue weighted by atomic mass is 10.3. The van der Waals surface area contributed by atoms with Crippen molar-refractivity contribution in [2.45, 2.75) is 12.6 Å². The summed E-state index contributed by atoms with van der Waals surface area (Å²) in [4.78, 5) is 22.3. The summed E-state index contributed by atoms with van der Waals surface area (Å²) in [6.45, 7) is 1.09. The molecule has 0 N–H and O–H groups in total. The van der Waals surface area contributed by atoms with Gasteiger partial charge in [0.25, 0.3) is 0 Å². The summed E-state index contributed by atoms with van der Waals surface area (Å²) in [5, 5.41) is 0.708. The number of hydrogen-bond donors (Lipinski definition) is 0. The molecule has 0 unspecified atom stereocenters. The van der Waals surface area contributed by atoms with Crippen LogP contribution in [0.2, 0.25) is 0 Å². The van der Waals surface area contributed by atoms with E-state index in [-0.39, 0.29) is 0 Å². The van der Waals surface area contributed by atoms with Crippen LogP contribution >= 0.6 is 11.3 Å². The molecule has 21 heavy (non-hydrogen) atoms. The van der Waals surface area contributed by atoms with Gasteiger partial charge in [-0.1, -0.05) is 0 Å². The van der Waals surface area contributed by atoms with E-state index in [4.69, 9.17) is 0 Å². The van der Waals surface area contributed by atoms with Crippen LogP contribution in [0.5, 0.6) is 0 Å². The third-order valence-corrected chi connectivity index (χ3v) is 4.37. The Balaban J connectivity index is 1.77. The van der Waals surface area contributed by atoms with Crippen molar-refractivity contribution >= 4 is 23.1 Å². The Morgan fingerprint density at radius 3 is 2.90 bits per heavy atom. The lowest BCUT2D eigenvalue weighted by Gasteiger charge is -2.15. The standard InChI is InChI=1S/C14H14FN3O2S/c1-20-14(19)11-7-17-13(21-11)9-2-3-12(16-6-9)18-5-4-10(15)8-18/h2-3,6-7,10H,4-5,8H2,1H3/t10-/m1/s1. The Morgan fingerprint density at radius 1 is 1.43 bits per heavy atom. The third kappa shape index (κ3) is 2.87. The number of aromatic nitrogens is 2. The van der Waals surface area contributed by atoms with Gasteiger partial charge >= 0.3 is 5.97 Å². The fraction of sp³-hybridized carbons (Fsp3) is 0.357. The topological polar surface area (TPSA) is 55.3 Å². The number of ether oxygens (including phenoxy) is 1. The molecular formula is C14H14FN3O2S. The fourth-order valence-corrected chi connectivity index (χ4v) is 3.05. The lowest BCUT2D eigenvalue weighted by molar-refractivity contribution is 0.0606. The van der Waals surface area contributed by atoms with E-state index in [1.165, 1.54) is 24.6 Å². The van der Waals surface area contributed by atoms with E-state index in [0.29, 0.717) is 29.4 Å². The van der Waals surface area contributed by atoms with E-state index in [2.05, 4.69) is 14.7 Å². The molecule has 0 aromatic carbocycles. The molecule has 2 aromatic rings. The molecule has 0 spiro atoms. The number of thiazole rings is 1. The molecule has 1 saturated heterocycles. The molecule has 1 aliphatic rings. The van der Waals surface area contributed by atoms with Crippen molar-refractivity contribution in [2.24, 2.45) is 0 Å². The van der Waals surface area contributed by atoms with Crippen molar-refractivity contribution in [3.8, 4) is 10.6 Å². The minimum Gasteiger partial charge on any atom is -0.465 e. The number of hydrogen-bond acceptors (Lipinski definition) is 6. The molecule has 0 amide bonds. The van der Waals surface area contributed by atoms with Crippen molar-refractivity contribution < 1.29 is 13.9 Å². The summed E-state index contributed by atoms with van der Waals surface area (Å²) >= 11 is 1.26. The van der Waals surface area contributed by atoms with Gasteiger partial charge in [-0.2, -0.15) is 0 Å². The smallest absolute Gasteiger partial charge is 0.349 e. The molecule has 0 radical (unpaired) electrons. The van der Waals surface area contributed by atoms with E-state index in [1.807, 2.05) is 17.0 Å². The Labute approximate surface area is 125 Å². The second kappa shape index (κ2) is 5.77. The first kappa shape index (κ1) is 13.9. The lowest BCUT2D eigenvalue weighted by Crippen LogP contribution is -2.20. The molecule has 5 nitrogen and oxygen atoms in total. The number of halogens is 1. The quantitative estimate of drug-likeness (QED) is 0.816. The van der Waals surface area contributed by atoms with Crippen molar-refractivity contribution in [1.29, 1.82) is 0 Å². The molecule has 0 bridgehead atoms. The molecule has 1 fully saturated rings. The maximum absolute atomic E-state index is 13.2. The first-order valence-electron chi connectivity index (χ1n) is 6.57. The van der Waals surface area contributed by atoms with Gasteiger partial charge in [-0.3, -0.25) is 0 Å². The summed E-state index contributed by atoms with van der Waals surface area (Å²) in [5.41, 5.74) is 0.829. The predicted molar refractivity (Wildman–Crippen MR) is 78.4 cm³/mol. The van der Waals surface area contributed by atoms with Gasteiger partial charge in [-0.15, -0.1) is 11.3 Å². The number of rotatable bonds is 3. The summed E-state index contributed by atoms with van der Waals surface area (Å²) < 4.78 is 17.8. The molecule has 1 atom stereocenters. The highest BCUT2D eigenvalue weighted by molar-refractivity contribution is 7.16. The van der Waals surface area contributed by atoms with Crippen molar-refractivity contribution in [3.05, 3.63) is 29.4 Å². The zero-order valence-corrected chi connectivity index (χ0v) is 12.3. The molecule has 7 heteroatoms. The SMILES string of the molecule is COC(=O)c1cnc(-c2ccc(N3CC[C@@H](F)C3)nc2)s1. The predicted octanol–water partition coefficient (Wildman–Crippen LogP) is 2.54. The van der Waals surface area contributed by atoms with Gasteiger partial charge in [-0.05, 0) is 18.6 Å². The molecule has 1 aliphatic heterocycles. The molecule has 110 valence electrons. The van der Waals surface area contributed by atoms with Crippen molar-refractivity contribution in [1.82, 2.24) is 9.97 Å². The van der Waals surface area contributed by atoms with Gasteiger partial charge < -0.3 is 9.64 Å². The number of pyridine rings is 1. The van der Waals surface area contributed by atoms with E-state index < -0.39 is 12.1 Å². The van der Waals surface area contributed by atoms with Gasteiger partial charge in [-0.25, -0.2) is 19.2 Å². The van der Waals surface area contributed by atoms with Crippen LogP contribution in [0.3, 0.4) is 0 Å².